The first-order valence-electron chi connectivity index (χ1n) is 7.86. The van der Waals surface area contributed by atoms with Crippen molar-refractivity contribution in [2.24, 2.45) is 0 Å². The highest BCUT2D eigenvalue weighted by Gasteiger charge is 2.18. The number of hydrogen-bond donors (Lipinski definition) is 1. The molecule has 0 saturated heterocycles. The standard InChI is InChI=1S/C19H20N4O/c1-13-7-8-16-5-4-6-17(18(16)21-13)22-19(24)23(3)14(2)15-9-11-20-12-10-15/h4-12,14H,1-3H3,(H,22,24)/t14-/m1/s1. The number of amides is 2. The first kappa shape index (κ1) is 15.9. The molecule has 24 heavy (non-hydrogen) atoms. The zero-order chi connectivity index (χ0) is 17.1. The summed E-state index contributed by atoms with van der Waals surface area (Å²) in [6, 6.07) is 13.4. The number of aryl methyl sites for hydroxylation is 1. The highest BCUT2D eigenvalue weighted by molar-refractivity contribution is 5.99. The van der Waals surface area contributed by atoms with Crippen LogP contribution in [0, 0.1) is 6.92 Å². The highest BCUT2D eigenvalue weighted by Crippen LogP contribution is 2.24. The summed E-state index contributed by atoms with van der Waals surface area (Å²) < 4.78 is 0. The van der Waals surface area contributed by atoms with Crippen molar-refractivity contribution in [1.82, 2.24) is 14.9 Å². The molecule has 3 aromatic rings. The predicted octanol–water partition coefficient (Wildman–Crippen LogP) is 4.16. The molecule has 5 heteroatoms. The number of hydrogen-bond acceptors (Lipinski definition) is 3. The second-order valence-corrected chi connectivity index (χ2v) is 5.83. The Hall–Kier alpha value is -2.95. The van der Waals surface area contributed by atoms with Gasteiger partial charge in [0.15, 0.2) is 0 Å². The van der Waals surface area contributed by atoms with Crippen LogP contribution in [0.25, 0.3) is 10.9 Å². The van der Waals surface area contributed by atoms with Crippen LogP contribution in [0.1, 0.15) is 24.2 Å². The molecule has 5 nitrogen and oxygen atoms in total. The normalized spacial score (nSPS) is 12.0. The molecule has 0 saturated carbocycles. The summed E-state index contributed by atoms with van der Waals surface area (Å²) in [6.07, 6.45) is 3.46. The number of rotatable bonds is 3. The van der Waals surface area contributed by atoms with Crippen LogP contribution in [-0.2, 0) is 0 Å². The molecular weight excluding hydrogens is 300 g/mol. The first-order valence-corrected chi connectivity index (χ1v) is 7.86. The maximum absolute atomic E-state index is 12.6. The lowest BCUT2D eigenvalue weighted by molar-refractivity contribution is 0.208. The van der Waals surface area contributed by atoms with E-state index in [1.165, 1.54) is 0 Å². The Bertz CT molecular complexity index is 864. The van der Waals surface area contributed by atoms with E-state index in [0.717, 1.165) is 27.8 Å². The van der Waals surface area contributed by atoms with E-state index in [1.807, 2.05) is 56.3 Å². The average Bonchev–Trinajstić information content (AvgIpc) is 2.61. The number of para-hydroxylation sites is 1. The third kappa shape index (κ3) is 3.20. The van der Waals surface area contributed by atoms with Crippen molar-refractivity contribution < 1.29 is 4.79 Å². The molecule has 0 spiro atoms. The van der Waals surface area contributed by atoms with Gasteiger partial charge in [0, 0.05) is 30.5 Å². The van der Waals surface area contributed by atoms with Crippen molar-refractivity contribution in [1.29, 1.82) is 0 Å². The van der Waals surface area contributed by atoms with E-state index in [1.54, 1.807) is 24.3 Å². The van der Waals surface area contributed by atoms with Gasteiger partial charge in [-0.3, -0.25) is 9.97 Å². The van der Waals surface area contributed by atoms with E-state index in [4.69, 9.17) is 0 Å². The van der Waals surface area contributed by atoms with Crippen molar-refractivity contribution in [3.05, 3.63) is 66.1 Å². The summed E-state index contributed by atoms with van der Waals surface area (Å²) in [5.41, 5.74) is 3.48. The Labute approximate surface area is 141 Å². The number of nitrogens with one attached hydrogen (secondary N) is 1. The van der Waals surface area contributed by atoms with Crippen LogP contribution in [0.15, 0.2) is 54.9 Å². The SMILES string of the molecule is Cc1ccc2cccc(NC(=O)N(C)[C@H](C)c3ccncc3)c2n1. The van der Waals surface area contributed by atoms with Gasteiger partial charge < -0.3 is 10.2 Å². The molecule has 0 aliphatic heterocycles. The molecule has 0 aliphatic rings. The summed E-state index contributed by atoms with van der Waals surface area (Å²) in [4.78, 5) is 22.9. The number of pyridine rings is 2. The minimum atomic E-state index is -0.171. The molecule has 0 aliphatic carbocycles. The fraction of sp³-hybridized carbons (Fsp3) is 0.211. The molecule has 0 fully saturated rings. The molecule has 2 heterocycles. The Balaban J connectivity index is 1.83. The molecule has 1 atom stereocenters. The van der Waals surface area contributed by atoms with Crippen LogP contribution in [-0.4, -0.2) is 27.9 Å². The lowest BCUT2D eigenvalue weighted by Gasteiger charge is -2.25. The van der Waals surface area contributed by atoms with Crippen molar-refractivity contribution in [3.8, 4) is 0 Å². The summed E-state index contributed by atoms with van der Waals surface area (Å²) in [6.45, 7) is 3.93. The number of benzene rings is 1. The predicted molar refractivity (Wildman–Crippen MR) is 95.9 cm³/mol. The summed E-state index contributed by atoms with van der Waals surface area (Å²) in [7, 11) is 1.78. The van der Waals surface area contributed by atoms with Crippen LogP contribution in [0.2, 0.25) is 0 Å². The third-order valence-corrected chi connectivity index (χ3v) is 4.19. The number of urea groups is 1. The van der Waals surface area contributed by atoms with Crippen LogP contribution in [0.3, 0.4) is 0 Å². The smallest absolute Gasteiger partial charge is 0.321 e. The van der Waals surface area contributed by atoms with E-state index < -0.39 is 0 Å². The largest absolute Gasteiger partial charge is 0.322 e. The number of anilines is 1. The van der Waals surface area contributed by atoms with Gasteiger partial charge in [-0.1, -0.05) is 18.2 Å². The topological polar surface area (TPSA) is 58.1 Å². The van der Waals surface area contributed by atoms with Crippen molar-refractivity contribution >= 4 is 22.6 Å². The number of carbonyl (C=O) groups is 1. The van der Waals surface area contributed by atoms with Crippen LogP contribution in [0.4, 0.5) is 10.5 Å². The van der Waals surface area contributed by atoms with Crippen molar-refractivity contribution in [2.45, 2.75) is 19.9 Å². The van der Waals surface area contributed by atoms with Gasteiger partial charge in [0.1, 0.15) is 0 Å². The Morgan fingerprint density at radius 2 is 1.88 bits per heavy atom. The second-order valence-electron chi connectivity index (χ2n) is 5.83. The van der Waals surface area contributed by atoms with Gasteiger partial charge in [-0.2, -0.15) is 0 Å². The van der Waals surface area contributed by atoms with Crippen LogP contribution < -0.4 is 5.32 Å². The van der Waals surface area contributed by atoms with Gasteiger partial charge >= 0.3 is 6.03 Å². The number of aromatic nitrogens is 2. The Kier molecular flexibility index (Phi) is 4.42. The maximum atomic E-state index is 12.6. The molecule has 1 N–H and O–H groups in total. The lowest BCUT2D eigenvalue weighted by Crippen LogP contribution is -2.33. The fourth-order valence-electron chi connectivity index (χ4n) is 2.59. The Morgan fingerprint density at radius 3 is 2.62 bits per heavy atom. The molecule has 2 amide bonds. The number of carbonyl (C=O) groups excluding carboxylic acids is 1. The van der Waals surface area contributed by atoms with Gasteiger partial charge in [0.25, 0.3) is 0 Å². The number of nitrogens with zero attached hydrogens (tertiary/aromatic N) is 3. The number of fused-ring (bicyclic) bond motifs is 1. The summed E-state index contributed by atoms with van der Waals surface area (Å²) in [5, 5.41) is 3.97. The average molecular weight is 320 g/mol. The molecule has 0 unspecified atom stereocenters. The quantitative estimate of drug-likeness (QED) is 0.788. The fourth-order valence-corrected chi connectivity index (χ4v) is 2.59. The molecule has 2 aromatic heterocycles. The van der Waals surface area contributed by atoms with Crippen molar-refractivity contribution in [3.63, 3.8) is 0 Å². The van der Waals surface area contributed by atoms with E-state index in [-0.39, 0.29) is 12.1 Å². The molecule has 0 bridgehead atoms. The van der Waals surface area contributed by atoms with E-state index >= 15 is 0 Å². The minimum Gasteiger partial charge on any atom is -0.321 e. The zero-order valence-electron chi connectivity index (χ0n) is 14.0. The van der Waals surface area contributed by atoms with Gasteiger partial charge in [-0.25, -0.2) is 4.79 Å². The molecule has 3 rings (SSSR count). The van der Waals surface area contributed by atoms with Gasteiger partial charge in [-0.15, -0.1) is 0 Å². The minimum absolute atomic E-state index is 0.0577. The van der Waals surface area contributed by atoms with E-state index in [0.29, 0.717) is 0 Å². The monoisotopic (exact) mass is 320 g/mol. The van der Waals surface area contributed by atoms with Crippen LogP contribution >= 0.6 is 0 Å². The molecule has 0 radical (unpaired) electrons. The van der Waals surface area contributed by atoms with Gasteiger partial charge in [-0.05, 0) is 43.7 Å². The van der Waals surface area contributed by atoms with Crippen molar-refractivity contribution in [2.75, 3.05) is 12.4 Å². The molecule has 122 valence electrons. The van der Waals surface area contributed by atoms with E-state index in [9.17, 15) is 4.79 Å². The highest BCUT2D eigenvalue weighted by atomic mass is 16.2. The molecular formula is C19H20N4O. The summed E-state index contributed by atoms with van der Waals surface area (Å²) >= 11 is 0. The third-order valence-electron chi connectivity index (χ3n) is 4.19. The van der Waals surface area contributed by atoms with Gasteiger partial charge in [0.05, 0.1) is 17.2 Å². The van der Waals surface area contributed by atoms with Crippen LogP contribution in [0.5, 0.6) is 0 Å². The lowest BCUT2D eigenvalue weighted by atomic mass is 10.1. The van der Waals surface area contributed by atoms with Gasteiger partial charge in [0.2, 0.25) is 0 Å². The maximum Gasteiger partial charge on any atom is 0.322 e. The second kappa shape index (κ2) is 6.66. The first-order chi connectivity index (χ1) is 11.6. The zero-order valence-corrected chi connectivity index (χ0v) is 14.0. The summed E-state index contributed by atoms with van der Waals surface area (Å²) in [5.74, 6) is 0. The molecule has 1 aromatic carbocycles. The van der Waals surface area contributed by atoms with E-state index in [2.05, 4.69) is 15.3 Å². The Morgan fingerprint density at radius 1 is 1.12 bits per heavy atom.